The SMILES string of the molecule is COc1ccc(C(=O)CC(=O)c2ccc(Cl)cc2OC)cc1. The Hall–Kier alpha value is -2.33. The van der Waals surface area contributed by atoms with E-state index in [9.17, 15) is 9.59 Å². The standard InChI is InChI=1S/C17H15ClO4/c1-21-13-6-3-11(4-7-13)15(19)10-16(20)14-8-5-12(18)9-17(14)22-2/h3-9H,10H2,1-2H3. The van der Waals surface area contributed by atoms with Gasteiger partial charge in [0.1, 0.15) is 11.5 Å². The summed E-state index contributed by atoms with van der Waals surface area (Å²) in [6.45, 7) is 0. The molecule has 114 valence electrons. The zero-order valence-corrected chi connectivity index (χ0v) is 13.0. The molecule has 4 nitrogen and oxygen atoms in total. The molecule has 0 spiro atoms. The lowest BCUT2D eigenvalue weighted by Crippen LogP contribution is -2.09. The van der Waals surface area contributed by atoms with Crippen LogP contribution >= 0.6 is 11.6 Å². The summed E-state index contributed by atoms with van der Waals surface area (Å²) in [4.78, 5) is 24.4. The first-order valence-electron chi connectivity index (χ1n) is 6.59. The van der Waals surface area contributed by atoms with Crippen molar-refractivity contribution in [2.45, 2.75) is 6.42 Å². The van der Waals surface area contributed by atoms with Crippen LogP contribution in [0.3, 0.4) is 0 Å². The van der Waals surface area contributed by atoms with Crippen LogP contribution in [0.2, 0.25) is 5.02 Å². The number of ether oxygens (including phenoxy) is 2. The van der Waals surface area contributed by atoms with Crippen molar-refractivity contribution in [2.75, 3.05) is 14.2 Å². The Morgan fingerprint density at radius 1 is 0.955 bits per heavy atom. The van der Waals surface area contributed by atoms with Crippen molar-refractivity contribution >= 4 is 23.2 Å². The Balaban J connectivity index is 2.15. The molecule has 0 aliphatic heterocycles. The summed E-state index contributed by atoms with van der Waals surface area (Å²) in [5.74, 6) is 0.446. The maximum atomic E-state index is 12.3. The van der Waals surface area contributed by atoms with Crippen LogP contribution in [-0.2, 0) is 0 Å². The van der Waals surface area contributed by atoms with E-state index in [1.165, 1.54) is 7.11 Å². The van der Waals surface area contributed by atoms with Crippen molar-refractivity contribution in [1.82, 2.24) is 0 Å². The van der Waals surface area contributed by atoms with Crippen LogP contribution in [0.4, 0.5) is 0 Å². The van der Waals surface area contributed by atoms with Crippen LogP contribution in [-0.4, -0.2) is 25.8 Å². The molecule has 0 saturated carbocycles. The molecule has 0 radical (unpaired) electrons. The molecule has 2 aromatic rings. The lowest BCUT2D eigenvalue weighted by Gasteiger charge is -2.08. The third-order valence-electron chi connectivity index (χ3n) is 3.20. The molecular formula is C17H15ClO4. The Bertz CT molecular complexity index is 692. The summed E-state index contributed by atoms with van der Waals surface area (Å²) in [7, 11) is 3.00. The summed E-state index contributed by atoms with van der Waals surface area (Å²) in [5.41, 5.74) is 0.802. The normalized spacial score (nSPS) is 10.1. The van der Waals surface area contributed by atoms with E-state index in [0.717, 1.165) is 0 Å². The summed E-state index contributed by atoms with van der Waals surface area (Å²) < 4.78 is 10.2. The predicted octanol–water partition coefficient (Wildman–Crippen LogP) is 3.81. The maximum Gasteiger partial charge on any atom is 0.174 e. The minimum Gasteiger partial charge on any atom is -0.497 e. The zero-order chi connectivity index (χ0) is 16.1. The molecule has 0 heterocycles. The summed E-state index contributed by atoms with van der Waals surface area (Å²) >= 11 is 5.86. The van der Waals surface area contributed by atoms with Gasteiger partial charge in [0.25, 0.3) is 0 Å². The quantitative estimate of drug-likeness (QED) is 0.600. The molecule has 0 atom stereocenters. The van der Waals surface area contributed by atoms with Crippen molar-refractivity contribution in [1.29, 1.82) is 0 Å². The fraction of sp³-hybridized carbons (Fsp3) is 0.176. The first-order valence-corrected chi connectivity index (χ1v) is 6.97. The van der Waals surface area contributed by atoms with Crippen molar-refractivity contribution in [3.8, 4) is 11.5 Å². The molecule has 0 bridgehead atoms. The lowest BCUT2D eigenvalue weighted by molar-refractivity contribution is 0.0893. The van der Waals surface area contributed by atoms with Crippen LogP contribution in [0.25, 0.3) is 0 Å². The molecule has 0 saturated heterocycles. The Labute approximate surface area is 133 Å². The van der Waals surface area contributed by atoms with Crippen LogP contribution in [0.5, 0.6) is 11.5 Å². The molecular weight excluding hydrogens is 304 g/mol. The van der Waals surface area contributed by atoms with Gasteiger partial charge in [0.05, 0.1) is 26.2 Å². The Kier molecular flexibility index (Phi) is 5.17. The molecule has 2 aromatic carbocycles. The van der Waals surface area contributed by atoms with Crippen molar-refractivity contribution in [3.05, 3.63) is 58.6 Å². The highest BCUT2D eigenvalue weighted by atomic mass is 35.5. The maximum absolute atomic E-state index is 12.3. The van der Waals surface area contributed by atoms with E-state index in [1.807, 2.05) is 0 Å². The van der Waals surface area contributed by atoms with Gasteiger partial charge in [0.15, 0.2) is 11.6 Å². The highest BCUT2D eigenvalue weighted by molar-refractivity contribution is 6.31. The molecule has 2 rings (SSSR count). The molecule has 0 aliphatic carbocycles. The first-order chi connectivity index (χ1) is 10.5. The Morgan fingerprint density at radius 2 is 1.64 bits per heavy atom. The molecule has 0 aliphatic rings. The highest BCUT2D eigenvalue weighted by Gasteiger charge is 2.17. The minimum atomic E-state index is -0.311. The third-order valence-corrected chi connectivity index (χ3v) is 3.43. The van der Waals surface area contributed by atoms with E-state index in [2.05, 4.69) is 0 Å². The van der Waals surface area contributed by atoms with Gasteiger partial charge in [-0.1, -0.05) is 11.6 Å². The highest BCUT2D eigenvalue weighted by Crippen LogP contribution is 2.25. The third kappa shape index (κ3) is 3.65. The van der Waals surface area contributed by atoms with Crippen molar-refractivity contribution in [2.24, 2.45) is 0 Å². The fourth-order valence-corrected chi connectivity index (χ4v) is 2.18. The number of halogens is 1. The van der Waals surface area contributed by atoms with Crippen LogP contribution in [0, 0.1) is 0 Å². The predicted molar refractivity (Wildman–Crippen MR) is 84.3 cm³/mol. The molecule has 5 heteroatoms. The average Bonchev–Trinajstić information content (AvgIpc) is 2.54. The van der Waals surface area contributed by atoms with E-state index in [4.69, 9.17) is 21.1 Å². The number of carbonyl (C=O) groups is 2. The zero-order valence-electron chi connectivity index (χ0n) is 12.3. The van der Waals surface area contributed by atoms with Gasteiger partial charge in [-0.2, -0.15) is 0 Å². The molecule has 22 heavy (non-hydrogen) atoms. The molecule has 0 fully saturated rings. The van der Waals surface area contributed by atoms with Crippen LogP contribution in [0.1, 0.15) is 27.1 Å². The van der Waals surface area contributed by atoms with E-state index < -0.39 is 0 Å². The van der Waals surface area contributed by atoms with Gasteiger partial charge in [0.2, 0.25) is 0 Å². The van der Waals surface area contributed by atoms with Crippen LogP contribution in [0.15, 0.2) is 42.5 Å². The van der Waals surface area contributed by atoms with Gasteiger partial charge in [-0.25, -0.2) is 0 Å². The van der Waals surface area contributed by atoms with E-state index in [-0.39, 0.29) is 18.0 Å². The summed E-state index contributed by atoms with van der Waals surface area (Å²) in [6.07, 6.45) is -0.232. The van der Waals surface area contributed by atoms with Gasteiger partial charge in [0, 0.05) is 10.6 Å². The van der Waals surface area contributed by atoms with Crippen molar-refractivity contribution < 1.29 is 19.1 Å². The average molecular weight is 319 g/mol. The van der Waals surface area contributed by atoms with E-state index in [1.54, 1.807) is 49.6 Å². The topological polar surface area (TPSA) is 52.6 Å². The summed E-state index contributed by atoms with van der Waals surface area (Å²) in [6, 6.07) is 11.3. The number of hydrogen-bond donors (Lipinski definition) is 0. The lowest BCUT2D eigenvalue weighted by atomic mass is 10.0. The Morgan fingerprint density at radius 3 is 2.23 bits per heavy atom. The molecule has 0 amide bonds. The second kappa shape index (κ2) is 7.09. The van der Waals surface area contributed by atoms with Crippen LogP contribution < -0.4 is 9.47 Å². The first kappa shape index (κ1) is 16.0. The van der Waals surface area contributed by atoms with Gasteiger partial charge in [-0.05, 0) is 42.5 Å². The monoisotopic (exact) mass is 318 g/mol. The van der Waals surface area contributed by atoms with Gasteiger partial charge >= 0.3 is 0 Å². The number of Topliss-reactive ketones (excluding diaryl/α,β-unsaturated/α-hetero) is 2. The number of benzene rings is 2. The summed E-state index contributed by atoms with van der Waals surface area (Å²) in [5, 5.41) is 0.467. The van der Waals surface area contributed by atoms with Gasteiger partial charge in [-0.3, -0.25) is 9.59 Å². The second-order valence-corrected chi connectivity index (χ2v) is 5.03. The molecule has 0 aromatic heterocycles. The fourth-order valence-electron chi connectivity index (χ4n) is 2.02. The number of hydrogen-bond acceptors (Lipinski definition) is 4. The molecule has 0 unspecified atom stereocenters. The second-order valence-electron chi connectivity index (χ2n) is 4.60. The number of carbonyl (C=O) groups excluding carboxylic acids is 2. The van der Waals surface area contributed by atoms with E-state index in [0.29, 0.717) is 27.6 Å². The van der Waals surface area contributed by atoms with E-state index >= 15 is 0 Å². The number of methoxy groups -OCH3 is 2. The molecule has 0 N–H and O–H groups in total. The number of rotatable bonds is 6. The number of ketones is 2. The van der Waals surface area contributed by atoms with Gasteiger partial charge in [-0.15, -0.1) is 0 Å². The van der Waals surface area contributed by atoms with Crippen molar-refractivity contribution in [3.63, 3.8) is 0 Å². The smallest absolute Gasteiger partial charge is 0.174 e. The largest absolute Gasteiger partial charge is 0.497 e. The minimum absolute atomic E-state index is 0.232. The van der Waals surface area contributed by atoms with Gasteiger partial charge < -0.3 is 9.47 Å².